The Kier molecular flexibility index (Phi) is 2.82. The topological polar surface area (TPSA) is 55.1 Å². The molecule has 1 saturated heterocycles. The molecule has 3 nitrogen and oxygen atoms in total. The number of piperidine rings is 1. The number of alkyl halides is 1. The zero-order chi connectivity index (χ0) is 8.27. The van der Waals surface area contributed by atoms with Crippen LogP contribution in [0.3, 0.4) is 0 Å². The van der Waals surface area contributed by atoms with E-state index in [2.05, 4.69) is 5.32 Å². The van der Waals surface area contributed by atoms with E-state index in [9.17, 15) is 9.18 Å². The third-order valence-corrected chi connectivity index (χ3v) is 2.02. The van der Waals surface area contributed by atoms with Crippen LogP contribution in [0.15, 0.2) is 0 Å². The van der Waals surface area contributed by atoms with Crippen molar-refractivity contribution in [3.63, 3.8) is 0 Å². The molecule has 0 spiro atoms. The lowest BCUT2D eigenvalue weighted by atomic mass is 9.94. The second-order valence-electron chi connectivity index (χ2n) is 2.91. The van der Waals surface area contributed by atoms with Gasteiger partial charge in [0, 0.05) is 12.5 Å². The summed E-state index contributed by atoms with van der Waals surface area (Å²) in [6, 6.07) is 0. The van der Waals surface area contributed by atoms with Crippen LogP contribution in [0.5, 0.6) is 0 Å². The number of hydrogen-bond donors (Lipinski definition) is 2. The lowest BCUT2D eigenvalue weighted by Crippen LogP contribution is -2.40. The predicted molar refractivity (Wildman–Crippen MR) is 39.7 cm³/mol. The van der Waals surface area contributed by atoms with E-state index < -0.39 is 12.1 Å². The molecule has 0 bridgehead atoms. The van der Waals surface area contributed by atoms with E-state index in [1.54, 1.807) is 0 Å². The zero-order valence-corrected chi connectivity index (χ0v) is 6.35. The minimum Gasteiger partial charge on any atom is -0.367 e. The van der Waals surface area contributed by atoms with Crippen molar-refractivity contribution in [2.45, 2.75) is 19.0 Å². The standard InChI is InChI=1S/C7H13FN2O/c8-6(7(9)11)5-2-1-3-10-4-5/h5-6,10H,1-4H2,(H2,9,11). The van der Waals surface area contributed by atoms with Gasteiger partial charge in [-0.05, 0) is 19.4 Å². The Balaban J connectivity index is 2.38. The summed E-state index contributed by atoms with van der Waals surface area (Å²) in [5.74, 6) is -1.04. The average Bonchev–Trinajstić information content (AvgIpc) is 2.05. The van der Waals surface area contributed by atoms with Gasteiger partial charge < -0.3 is 11.1 Å². The van der Waals surface area contributed by atoms with Crippen molar-refractivity contribution in [1.82, 2.24) is 5.32 Å². The molecule has 0 aliphatic carbocycles. The quantitative estimate of drug-likeness (QED) is 0.588. The van der Waals surface area contributed by atoms with Gasteiger partial charge in [-0.15, -0.1) is 0 Å². The number of carbonyl (C=O) groups is 1. The van der Waals surface area contributed by atoms with E-state index in [4.69, 9.17) is 5.73 Å². The first-order valence-electron chi connectivity index (χ1n) is 3.86. The Morgan fingerprint density at radius 2 is 2.45 bits per heavy atom. The highest BCUT2D eigenvalue weighted by atomic mass is 19.1. The maximum Gasteiger partial charge on any atom is 0.252 e. The Morgan fingerprint density at radius 1 is 1.73 bits per heavy atom. The number of primary amides is 1. The van der Waals surface area contributed by atoms with Crippen LogP contribution in [-0.2, 0) is 4.79 Å². The zero-order valence-electron chi connectivity index (χ0n) is 6.35. The fourth-order valence-corrected chi connectivity index (χ4v) is 1.36. The summed E-state index contributed by atoms with van der Waals surface area (Å²) >= 11 is 0. The molecule has 11 heavy (non-hydrogen) atoms. The normalized spacial score (nSPS) is 27.9. The van der Waals surface area contributed by atoms with Crippen LogP contribution in [0.2, 0.25) is 0 Å². The fraction of sp³-hybridized carbons (Fsp3) is 0.857. The third-order valence-electron chi connectivity index (χ3n) is 2.02. The summed E-state index contributed by atoms with van der Waals surface area (Å²) in [6.07, 6.45) is 0.220. The first-order chi connectivity index (χ1) is 5.22. The molecule has 0 radical (unpaired) electrons. The van der Waals surface area contributed by atoms with Gasteiger partial charge in [-0.1, -0.05) is 0 Å². The van der Waals surface area contributed by atoms with Crippen LogP contribution >= 0.6 is 0 Å². The van der Waals surface area contributed by atoms with Crippen molar-refractivity contribution in [3.05, 3.63) is 0 Å². The van der Waals surface area contributed by atoms with Gasteiger partial charge in [0.1, 0.15) is 0 Å². The molecule has 0 saturated carbocycles. The van der Waals surface area contributed by atoms with Crippen molar-refractivity contribution in [2.75, 3.05) is 13.1 Å². The number of nitrogens with one attached hydrogen (secondary N) is 1. The summed E-state index contributed by atoms with van der Waals surface area (Å²) in [6.45, 7) is 1.49. The summed E-state index contributed by atoms with van der Waals surface area (Å²) in [5.41, 5.74) is 4.83. The minimum absolute atomic E-state index is 0.207. The van der Waals surface area contributed by atoms with Crippen LogP contribution in [0.25, 0.3) is 0 Å². The van der Waals surface area contributed by atoms with Gasteiger partial charge in [-0.25, -0.2) is 4.39 Å². The highest BCUT2D eigenvalue weighted by Gasteiger charge is 2.26. The molecule has 2 atom stereocenters. The molecule has 1 heterocycles. The Morgan fingerprint density at radius 3 is 2.91 bits per heavy atom. The van der Waals surface area contributed by atoms with E-state index in [1.165, 1.54) is 0 Å². The molecule has 0 aromatic rings. The van der Waals surface area contributed by atoms with Gasteiger partial charge in [-0.2, -0.15) is 0 Å². The molecule has 1 amide bonds. The number of nitrogens with two attached hydrogens (primary N) is 1. The predicted octanol–water partition coefficient (Wildman–Crippen LogP) is -0.191. The Labute approximate surface area is 65.1 Å². The second kappa shape index (κ2) is 3.67. The summed E-state index contributed by atoms with van der Waals surface area (Å²) < 4.78 is 12.9. The minimum atomic E-state index is -1.47. The van der Waals surface area contributed by atoms with Crippen molar-refractivity contribution in [1.29, 1.82) is 0 Å². The van der Waals surface area contributed by atoms with Crippen molar-refractivity contribution >= 4 is 5.91 Å². The summed E-state index contributed by atoms with van der Waals surface area (Å²) in [5, 5.41) is 3.02. The van der Waals surface area contributed by atoms with Crippen LogP contribution in [0, 0.1) is 5.92 Å². The van der Waals surface area contributed by atoms with Gasteiger partial charge in [0.2, 0.25) is 0 Å². The molecule has 0 aromatic carbocycles. The molecular formula is C7H13FN2O. The smallest absolute Gasteiger partial charge is 0.252 e. The fourth-order valence-electron chi connectivity index (χ4n) is 1.36. The number of rotatable bonds is 2. The molecule has 1 rings (SSSR count). The molecule has 0 aromatic heterocycles. The molecule has 1 aliphatic rings. The van der Waals surface area contributed by atoms with Gasteiger partial charge >= 0.3 is 0 Å². The van der Waals surface area contributed by atoms with Crippen molar-refractivity contribution in [2.24, 2.45) is 11.7 Å². The van der Waals surface area contributed by atoms with Gasteiger partial charge in [-0.3, -0.25) is 4.79 Å². The van der Waals surface area contributed by atoms with Crippen LogP contribution in [-0.4, -0.2) is 25.2 Å². The molecule has 1 fully saturated rings. The second-order valence-corrected chi connectivity index (χ2v) is 2.91. The maximum absolute atomic E-state index is 12.9. The third kappa shape index (κ3) is 2.15. The van der Waals surface area contributed by atoms with Gasteiger partial charge in [0.15, 0.2) is 6.17 Å². The van der Waals surface area contributed by atoms with Gasteiger partial charge in [0.25, 0.3) is 5.91 Å². The summed E-state index contributed by atoms with van der Waals surface area (Å²) in [7, 11) is 0. The van der Waals surface area contributed by atoms with E-state index in [0.717, 1.165) is 19.4 Å². The first-order valence-corrected chi connectivity index (χ1v) is 3.86. The molecule has 3 N–H and O–H groups in total. The lowest BCUT2D eigenvalue weighted by molar-refractivity contribution is -0.124. The Bertz CT molecular complexity index is 145. The largest absolute Gasteiger partial charge is 0.367 e. The van der Waals surface area contributed by atoms with Crippen molar-refractivity contribution in [3.8, 4) is 0 Å². The monoisotopic (exact) mass is 160 g/mol. The van der Waals surface area contributed by atoms with E-state index in [1.807, 2.05) is 0 Å². The first kappa shape index (κ1) is 8.46. The molecule has 64 valence electrons. The number of hydrogen-bond acceptors (Lipinski definition) is 2. The molecular weight excluding hydrogens is 147 g/mol. The van der Waals surface area contributed by atoms with E-state index >= 15 is 0 Å². The van der Waals surface area contributed by atoms with Crippen LogP contribution in [0.1, 0.15) is 12.8 Å². The average molecular weight is 160 g/mol. The van der Waals surface area contributed by atoms with Crippen LogP contribution in [0.4, 0.5) is 4.39 Å². The Hall–Kier alpha value is -0.640. The summed E-state index contributed by atoms with van der Waals surface area (Å²) in [4.78, 5) is 10.4. The van der Waals surface area contributed by atoms with E-state index in [0.29, 0.717) is 6.54 Å². The SMILES string of the molecule is NC(=O)C(F)C1CCCNC1. The van der Waals surface area contributed by atoms with Crippen LogP contribution < -0.4 is 11.1 Å². The maximum atomic E-state index is 12.9. The van der Waals surface area contributed by atoms with Crippen molar-refractivity contribution < 1.29 is 9.18 Å². The highest BCUT2D eigenvalue weighted by Crippen LogP contribution is 2.16. The van der Waals surface area contributed by atoms with E-state index in [-0.39, 0.29) is 5.92 Å². The van der Waals surface area contributed by atoms with Gasteiger partial charge in [0.05, 0.1) is 0 Å². The lowest BCUT2D eigenvalue weighted by Gasteiger charge is -2.23. The number of carbonyl (C=O) groups excluding carboxylic acids is 1. The number of amides is 1. The number of halogens is 1. The molecule has 1 aliphatic heterocycles. The molecule has 2 unspecified atom stereocenters. The highest BCUT2D eigenvalue weighted by molar-refractivity contribution is 5.79. The molecule has 4 heteroatoms.